The maximum atomic E-state index is 9.72. The van der Waals surface area contributed by atoms with Crippen molar-refractivity contribution in [3.8, 4) is 0 Å². The lowest BCUT2D eigenvalue weighted by molar-refractivity contribution is -0.128. The van der Waals surface area contributed by atoms with Gasteiger partial charge in [0.25, 0.3) is 6.47 Å². The molecule has 0 saturated carbocycles. The van der Waals surface area contributed by atoms with Gasteiger partial charge in [-0.05, 0) is 6.04 Å². The van der Waals surface area contributed by atoms with Gasteiger partial charge in [0.15, 0.2) is 0 Å². The fourth-order valence-corrected chi connectivity index (χ4v) is 1.85. The molecule has 0 rings (SSSR count). The number of hydrogen-bond donors (Lipinski definition) is 0. The van der Waals surface area contributed by atoms with Crippen LogP contribution in [0.2, 0.25) is 6.04 Å². The molecule has 0 radical (unpaired) electrons. The molecule has 0 aliphatic heterocycles. The van der Waals surface area contributed by atoms with E-state index in [2.05, 4.69) is 4.74 Å². The minimum absolute atomic E-state index is 0.0507. The molecule has 0 atom stereocenters. The van der Waals surface area contributed by atoms with Crippen molar-refractivity contribution in [3.63, 3.8) is 0 Å². The van der Waals surface area contributed by atoms with Crippen molar-refractivity contribution in [1.29, 1.82) is 0 Å². The molecule has 11 heavy (non-hydrogen) atoms. The molecule has 0 spiro atoms. The van der Waals surface area contributed by atoms with E-state index < -0.39 is 9.52 Å². The summed E-state index contributed by atoms with van der Waals surface area (Å²) in [4.78, 5) is 9.72. The summed E-state index contributed by atoms with van der Waals surface area (Å²) in [6, 6.07) is 0.894. The van der Waals surface area contributed by atoms with E-state index in [4.69, 9.17) is 9.47 Å². The van der Waals surface area contributed by atoms with Crippen LogP contribution >= 0.6 is 0 Å². The van der Waals surface area contributed by atoms with Gasteiger partial charge in [-0.3, -0.25) is 4.79 Å². The van der Waals surface area contributed by atoms with Gasteiger partial charge in [0.05, 0.1) is 16.1 Å². The van der Waals surface area contributed by atoms with Gasteiger partial charge >= 0.3 is 0 Å². The molecule has 0 aromatic heterocycles. The maximum Gasteiger partial charge on any atom is 0.293 e. The van der Waals surface area contributed by atoms with Crippen molar-refractivity contribution in [2.45, 2.75) is 12.0 Å². The summed E-state index contributed by atoms with van der Waals surface area (Å²) in [5.41, 5.74) is 0. The summed E-state index contributed by atoms with van der Waals surface area (Å²) < 4.78 is 14.5. The Morgan fingerprint density at radius 1 is 1.45 bits per heavy atom. The second-order valence-corrected chi connectivity index (χ2v) is 3.96. The zero-order chi connectivity index (χ0) is 8.53. The first-order valence-electron chi connectivity index (χ1n) is 3.46. The minimum atomic E-state index is -0.423. The number of carbonyl (C=O) groups excluding carboxylic acids is 1. The fourth-order valence-electron chi connectivity index (χ4n) is 0.713. The molecule has 0 unspecified atom stereocenters. The molecule has 5 heteroatoms. The van der Waals surface area contributed by atoms with Crippen LogP contribution in [-0.4, -0.2) is 42.7 Å². The molecule has 0 fully saturated rings. The van der Waals surface area contributed by atoms with Crippen molar-refractivity contribution in [1.82, 2.24) is 0 Å². The number of hydrogen-bond acceptors (Lipinski definition) is 4. The average Bonchev–Trinajstić information content (AvgIpc) is 2.05. The molecule has 0 N–H and O–H groups in total. The first-order chi connectivity index (χ1) is 5.35. The van der Waals surface area contributed by atoms with Gasteiger partial charge in [0.2, 0.25) is 0 Å². The van der Waals surface area contributed by atoms with E-state index in [0.29, 0.717) is 13.1 Å². The number of ether oxygens (including phenoxy) is 3. The van der Waals surface area contributed by atoms with E-state index in [1.807, 2.05) is 0 Å². The summed E-state index contributed by atoms with van der Waals surface area (Å²) in [6.07, 6.45) is 0. The molecule has 0 heterocycles. The lowest BCUT2D eigenvalue weighted by Crippen LogP contribution is -2.22. The average molecular weight is 178 g/mol. The highest BCUT2D eigenvalue weighted by molar-refractivity contribution is 6.36. The van der Waals surface area contributed by atoms with Crippen LogP contribution in [0.3, 0.4) is 0 Å². The topological polar surface area (TPSA) is 44.8 Å². The third-order valence-electron chi connectivity index (χ3n) is 1.30. The molecule has 0 aromatic carbocycles. The monoisotopic (exact) mass is 178 g/mol. The second kappa shape index (κ2) is 7.71. The predicted molar refractivity (Wildman–Crippen MR) is 43.2 cm³/mol. The maximum absolute atomic E-state index is 9.72. The third-order valence-corrected chi connectivity index (χ3v) is 3.13. The summed E-state index contributed by atoms with van der Waals surface area (Å²) >= 11 is 0. The molecular weight excluding hydrogens is 164 g/mol. The Balaban J connectivity index is 3.13. The van der Waals surface area contributed by atoms with Gasteiger partial charge in [-0.15, -0.1) is 0 Å². The highest BCUT2D eigenvalue weighted by Crippen LogP contribution is 1.91. The Morgan fingerprint density at radius 2 is 2.09 bits per heavy atom. The molecule has 0 aliphatic carbocycles. The number of methoxy groups -OCH3 is 2. The van der Waals surface area contributed by atoms with Crippen LogP contribution in [-0.2, 0) is 19.0 Å². The van der Waals surface area contributed by atoms with Crippen LogP contribution < -0.4 is 0 Å². The molecule has 0 aliphatic rings. The van der Waals surface area contributed by atoms with Gasteiger partial charge in [0.1, 0.15) is 5.91 Å². The SMILES string of the molecule is COC(OC)[SiH2]CCOC=O. The summed E-state index contributed by atoms with van der Waals surface area (Å²) in [7, 11) is 2.80. The quantitative estimate of drug-likeness (QED) is 0.224. The summed E-state index contributed by atoms with van der Waals surface area (Å²) in [5.74, 6) is -0.0507. The first-order valence-corrected chi connectivity index (χ1v) is 5.27. The summed E-state index contributed by atoms with van der Waals surface area (Å²) in [6.45, 7) is 0.946. The smallest absolute Gasteiger partial charge is 0.293 e. The van der Waals surface area contributed by atoms with Crippen molar-refractivity contribution < 1.29 is 19.0 Å². The van der Waals surface area contributed by atoms with E-state index in [1.54, 1.807) is 14.2 Å². The molecule has 0 aromatic rings. The van der Waals surface area contributed by atoms with Crippen LogP contribution in [0.4, 0.5) is 0 Å². The number of carbonyl (C=O) groups is 1. The van der Waals surface area contributed by atoms with Crippen LogP contribution in [0.1, 0.15) is 0 Å². The van der Waals surface area contributed by atoms with Gasteiger partial charge in [0, 0.05) is 14.2 Å². The summed E-state index contributed by atoms with van der Waals surface area (Å²) in [5, 5.41) is 0. The standard InChI is InChI=1S/C6H14O4Si/c1-8-6(9-2)11-4-3-10-5-7/h5-6H,3-4,11H2,1-2H3. The lowest BCUT2D eigenvalue weighted by atomic mass is 10.9. The zero-order valence-corrected chi connectivity index (χ0v) is 8.32. The van der Waals surface area contributed by atoms with Crippen molar-refractivity contribution in [3.05, 3.63) is 0 Å². The van der Waals surface area contributed by atoms with E-state index in [-0.39, 0.29) is 5.91 Å². The molecule has 4 nitrogen and oxygen atoms in total. The second-order valence-electron chi connectivity index (χ2n) is 2.01. The first kappa shape index (κ1) is 10.6. The Morgan fingerprint density at radius 3 is 2.55 bits per heavy atom. The fraction of sp³-hybridized carbons (Fsp3) is 0.833. The van der Waals surface area contributed by atoms with Gasteiger partial charge in [-0.1, -0.05) is 0 Å². The van der Waals surface area contributed by atoms with E-state index in [9.17, 15) is 4.79 Å². The van der Waals surface area contributed by atoms with Gasteiger partial charge in [-0.2, -0.15) is 0 Å². The molecule has 0 amide bonds. The van der Waals surface area contributed by atoms with Crippen molar-refractivity contribution in [2.24, 2.45) is 0 Å². The third kappa shape index (κ3) is 6.02. The molecule has 0 saturated heterocycles. The number of rotatable bonds is 7. The highest BCUT2D eigenvalue weighted by atomic mass is 28.2. The van der Waals surface area contributed by atoms with E-state index in [1.165, 1.54) is 0 Å². The Bertz CT molecular complexity index is 94.6. The highest BCUT2D eigenvalue weighted by Gasteiger charge is 2.04. The van der Waals surface area contributed by atoms with Gasteiger partial charge in [-0.25, -0.2) is 0 Å². The van der Waals surface area contributed by atoms with Crippen LogP contribution in [0.15, 0.2) is 0 Å². The van der Waals surface area contributed by atoms with Crippen molar-refractivity contribution >= 4 is 16.0 Å². The van der Waals surface area contributed by atoms with E-state index >= 15 is 0 Å². The zero-order valence-electron chi connectivity index (χ0n) is 6.91. The predicted octanol–water partition coefficient (Wildman–Crippen LogP) is -0.677. The van der Waals surface area contributed by atoms with Gasteiger partial charge < -0.3 is 14.2 Å². The normalized spacial score (nSPS) is 11.2. The minimum Gasteiger partial charge on any atom is -0.468 e. The molecule has 0 bridgehead atoms. The lowest BCUT2D eigenvalue weighted by Gasteiger charge is -2.11. The van der Waals surface area contributed by atoms with Crippen LogP contribution in [0, 0.1) is 0 Å². The van der Waals surface area contributed by atoms with Crippen molar-refractivity contribution in [2.75, 3.05) is 20.8 Å². The van der Waals surface area contributed by atoms with Crippen LogP contribution in [0.5, 0.6) is 0 Å². The Hall–Kier alpha value is -0.393. The largest absolute Gasteiger partial charge is 0.468 e. The Labute approximate surface area is 68.6 Å². The van der Waals surface area contributed by atoms with E-state index in [0.717, 1.165) is 6.04 Å². The molecule has 66 valence electrons. The molecular formula is C6H14O4Si. The van der Waals surface area contributed by atoms with Crippen LogP contribution in [0.25, 0.3) is 0 Å². The Kier molecular flexibility index (Phi) is 7.44.